The molecule has 0 spiro atoms. The van der Waals surface area contributed by atoms with E-state index in [4.69, 9.17) is 5.73 Å². The number of hydrogen-bond donors (Lipinski definition) is 2. The molecule has 1 fully saturated rings. The van der Waals surface area contributed by atoms with Crippen molar-refractivity contribution in [1.29, 1.82) is 0 Å². The molecule has 1 aliphatic carbocycles. The minimum absolute atomic E-state index is 0.0439. The van der Waals surface area contributed by atoms with Crippen LogP contribution >= 0.6 is 0 Å². The molecule has 0 radical (unpaired) electrons. The molecule has 17 heavy (non-hydrogen) atoms. The number of nitrogens with two attached hydrogens (primary N) is 1. The molecule has 1 aromatic carbocycles. The van der Waals surface area contributed by atoms with Crippen LogP contribution in [0.4, 0.5) is 0 Å². The van der Waals surface area contributed by atoms with Crippen molar-refractivity contribution < 1.29 is 0 Å². The Bertz CT molecular complexity index is 370. The van der Waals surface area contributed by atoms with Crippen molar-refractivity contribution in [2.45, 2.75) is 45.2 Å². The quantitative estimate of drug-likeness (QED) is 0.819. The van der Waals surface area contributed by atoms with E-state index >= 15 is 0 Å². The van der Waals surface area contributed by atoms with Crippen molar-refractivity contribution >= 4 is 0 Å². The zero-order valence-electron chi connectivity index (χ0n) is 11.2. The molecule has 0 aromatic heterocycles. The Morgan fingerprint density at radius 3 is 2.41 bits per heavy atom. The number of nitrogens with one attached hydrogen (secondary N) is 1. The molecule has 1 aliphatic rings. The number of rotatable bonds is 5. The first kappa shape index (κ1) is 12.6. The first-order chi connectivity index (χ1) is 8.01. The van der Waals surface area contributed by atoms with Gasteiger partial charge in [-0.05, 0) is 37.7 Å². The second kappa shape index (κ2) is 4.43. The van der Waals surface area contributed by atoms with Crippen LogP contribution in [0.15, 0.2) is 30.3 Å². The molecular weight excluding hydrogens is 208 g/mol. The van der Waals surface area contributed by atoms with Gasteiger partial charge >= 0.3 is 0 Å². The summed E-state index contributed by atoms with van der Waals surface area (Å²) in [5.74, 6) is 0. The Hall–Kier alpha value is -0.860. The van der Waals surface area contributed by atoms with Crippen molar-refractivity contribution in [3.8, 4) is 0 Å². The van der Waals surface area contributed by atoms with Crippen LogP contribution in [0.1, 0.15) is 45.2 Å². The van der Waals surface area contributed by atoms with E-state index in [0.717, 1.165) is 0 Å². The molecule has 0 amide bonds. The van der Waals surface area contributed by atoms with Crippen molar-refractivity contribution in [1.82, 2.24) is 5.32 Å². The fourth-order valence-electron chi connectivity index (χ4n) is 2.52. The predicted molar refractivity (Wildman–Crippen MR) is 72.8 cm³/mol. The van der Waals surface area contributed by atoms with Crippen LogP contribution < -0.4 is 11.1 Å². The third-order valence-corrected chi connectivity index (χ3v) is 4.58. The molecule has 2 nitrogen and oxygen atoms in total. The van der Waals surface area contributed by atoms with E-state index in [2.05, 4.69) is 56.4 Å². The second-order valence-corrected chi connectivity index (χ2v) is 5.87. The lowest BCUT2D eigenvalue weighted by Gasteiger charge is -2.39. The fraction of sp³-hybridized carbons (Fsp3) is 0.600. The molecule has 2 atom stereocenters. The average molecular weight is 232 g/mol. The predicted octanol–water partition coefficient (Wildman–Crippen LogP) is 2.85. The third kappa shape index (κ3) is 2.38. The largest absolute Gasteiger partial charge is 0.329 e. The molecular formula is C15H24N2. The van der Waals surface area contributed by atoms with Crippen LogP contribution in [0.5, 0.6) is 0 Å². The van der Waals surface area contributed by atoms with Gasteiger partial charge < -0.3 is 11.1 Å². The zero-order chi connectivity index (χ0) is 12.5. The lowest BCUT2D eigenvalue weighted by atomic mass is 9.82. The van der Waals surface area contributed by atoms with Crippen LogP contribution in [0.3, 0.4) is 0 Å². The Morgan fingerprint density at radius 2 is 1.94 bits per heavy atom. The van der Waals surface area contributed by atoms with Gasteiger partial charge in [-0.1, -0.05) is 37.3 Å². The highest BCUT2D eigenvalue weighted by atomic mass is 15.1. The maximum Gasteiger partial charge on any atom is 0.0334 e. The van der Waals surface area contributed by atoms with Crippen LogP contribution in [-0.4, -0.2) is 12.1 Å². The molecule has 1 aromatic rings. The van der Waals surface area contributed by atoms with Crippen LogP contribution in [0.25, 0.3) is 0 Å². The van der Waals surface area contributed by atoms with E-state index < -0.39 is 0 Å². The molecule has 2 heteroatoms. The van der Waals surface area contributed by atoms with Gasteiger partial charge in [0.25, 0.3) is 0 Å². The first-order valence-electron chi connectivity index (χ1n) is 6.53. The molecule has 94 valence electrons. The Morgan fingerprint density at radius 1 is 1.35 bits per heavy atom. The normalized spacial score (nSPS) is 22.8. The summed E-state index contributed by atoms with van der Waals surface area (Å²) in [4.78, 5) is 0. The monoisotopic (exact) mass is 232 g/mol. The molecule has 2 unspecified atom stereocenters. The van der Waals surface area contributed by atoms with Crippen molar-refractivity contribution in [2.75, 3.05) is 6.54 Å². The molecule has 3 N–H and O–H groups in total. The highest BCUT2D eigenvalue weighted by molar-refractivity contribution is 5.20. The van der Waals surface area contributed by atoms with Crippen molar-refractivity contribution in [2.24, 2.45) is 11.1 Å². The Kier molecular flexibility index (Phi) is 3.28. The second-order valence-electron chi connectivity index (χ2n) is 5.87. The van der Waals surface area contributed by atoms with Gasteiger partial charge in [-0.25, -0.2) is 0 Å². The number of benzene rings is 1. The van der Waals surface area contributed by atoms with Gasteiger partial charge in [0, 0.05) is 18.1 Å². The molecule has 1 saturated carbocycles. The Labute approximate surface area is 105 Å². The zero-order valence-corrected chi connectivity index (χ0v) is 11.2. The molecule has 2 rings (SSSR count). The van der Waals surface area contributed by atoms with Crippen LogP contribution in [0, 0.1) is 5.41 Å². The molecule has 0 aliphatic heterocycles. The summed E-state index contributed by atoms with van der Waals surface area (Å²) in [5, 5.41) is 3.74. The van der Waals surface area contributed by atoms with Crippen molar-refractivity contribution in [3.05, 3.63) is 35.9 Å². The SMILES string of the molecule is CC(NC(C)(CN)C1(C)CC1)c1ccccc1. The Balaban J connectivity index is 2.09. The summed E-state index contributed by atoms with van der Waals surface area (Å²) >= 11 is 0. The summed E-state index contributed by atoms with van der Waals surface area (Å²) < 4.78 is 0. The third-order valence-electron chi connectivity index (χ3n) is 4.58. The number of hydrogen-bond acceptors (Lipinski definition) is 2. The van der Waals surface area contributed by atoms with Gasteiger partial charge in [0.15, 0.2) is 0 Å². The van der Waals surface area contributed by atoms with E-state index in [1.807, 2.05) is 0 Å². The fourth-order valence-corrected chi connectivity index (χ4v) is 2.52. The van der Waals surface area contributed by atoms with Gasteiger partial charge in [-0.2, -0.15) is 0 Å². The smallest absolute Gasteiger partial charge is 0.0334 e. The summed E-state index contributed by atoms with van der Waals surface area (Å²) in [7, 11) is 0. The minimum Gasteiger partial charge on any atom is -0.329 e. The van der Waals surface area contributed by atoms with E-state index in [1.165, 1.54) is 18.4 Å². The standard InChI is InChI=1S/C15H24N2/c1-12(13-7-5-4-6-8-13)17-15(3,11-16)14(2)9-10-14/h4-8,12,17H,9-11,16H2,1-3H3. The lowest BCUT2D eigenvalue weighted by Crippen LogP contribution is -2.55. The summed E-state index contributed by atoms with van der Waals surface area (Å²) in [5.41, 5.74) is 7.75. The van der Waals surface area contributed by atoms with E-state index in [0.29, 0.717) is 18.0 Å². The van der Waals surface area contributed by atoms with Gasteiger partial charge in [0.05, 0.1) is 0 Å². The van der Waals surface area contributed by atoms with Gasteiger partial charge in [-0.15, -0.1) is 0 Å². The maximum absolute atomic E-state index is 6.00. The molecule has 0 saturated heterocycles. The molecule has 0 heterocycles. The van der Waals surface area contributed by atoms with Gasteiger partial charge in [0.1, 0.15) is 0 Å². The van der Waals surface area contributed by atoms with Crippen LogP contribution in [-0.2, 0) is 0 Å². The van der Waals surface area contributed by atoms with Crippen LogP contribution in [0.2, 0.25) is 0 Å². The highest BCUT2D eigenvalue weighted by Crippen LogP contribution is 2.53. The summed E-state index contributed by atoms with van der Waals surface area (Å²) in [6, 6.07) is 10.9. The summed E-state index contributed by atoms with van der Waals surface area (Å²) in [6.07, 6.45) is 2.57. The van der Waals surface area contributed by atoms with Gasteiger partial charge in [0.2, 0.25) is 0 Å². The summed E-state index contributed by atoms with van der Waals surface area (Å²) in [6.45, 7) is 7.51. The first-order valence-corrected chi connectivity index (χ1v) is 6.53. The lowest BCUT2D eigenvalue weighted by molar-refractivity contribution is 0.211. The maximum atomic E-state index is 6.00. The highest BCUT2D eigenvalue weighted by Gasteiger charge is 2.52. The van der Waals surface area contributed by atoms with Gasteiger partial charge in [-0.3, -0.25) is 0 Å². The van der Waals surface area contributed by atoms with Crippen molar-refractivity contribution in [3.63, 3.8) is 0 Å². The van der Waals surface area contributed by atoms with E-state index in [1.54, 1.807) is 0 Å². The topological polar surface area (TPSA) is 38.0 Å². The average Bonchev–Trinajstić information content (AvgIpc) is 3.10. The minimum atomic E-state index is 0.0439. The van der Waals surface area contributed by atoms with E-state index in [9.17, 15) is 0 Å². The molecule has 0 bridgehead atoms. The van der Waals surface area contributed by atoms with E-state index in [-0.39, 0.29) is 5.54 Å².